The van der Waals surface area contributed by atoms with Crippen LogP contribution in [0.3, 0.4) is 0 Å². The number of nitrogens with zero attached hydrogens (tertiary/aromatic N) is 2. The Morgan fingerprint density at radius 1 is 1.20 bits per heavy atom. The zero-order valence-electron chi connectivity index (χ0n) is 10.2. The van der Waals surface area contributed by atoms with Gasteiger partial charge in [-0.25, -0.2) is 4.98 Å². The molecule has 0 atom stereocenters. The maximum Gasteiger partial charge on any atom is 0.416 e. The molecule has 0 fully saturated rings. The van der Waals surface area contributed by atoms with Gasteiger partial charge in [0.15, 0.2) is 5.82 Å². The minimum atomic E-state index is -4.37. The van der Waals surface area contributed by atoms with Gasteiger partial charge in [0.25, 0.3) is 0 Å². The largest absolute Gasteiger partial charge is 0.416 e. The van der Waals surface area contributed by atoms with Gasteiger partial charge in [0, 0.05) is 6.07 Å². The molecule has 2 N–H and O–H groups in total. The highest BCUT2D eigenvalue weighted by Gasteiger charge is 2.30. The van der Waals surface area contributed by atoms with Crippen LogP contribution in [0.25, 0.3) is 22.6 Å². The SMILES string of the molecule is CSc1cc(-c2nc3cc(C(F)(F)F)ccc3[nH]2)n[nH]1. The van der Waals surface area contributed by atoms with E-state index in [0.717, 1.165) is 17.2 Å². The summed E-state index contributed by atoms with van der Waals surface area (Å²) in [5.41, 5.74) is 0.666. The van der Waals surface area contributed by atoms with Gasteiger partial charge < -0.3 is 4.98 Å². The monoisotopic (exact) mass is 298 g/mol. The van der Waals surface area contributed by atoms with E-state index in [1.807, 2.05) is 6.26 Å². The molecule has 3 aromatic rings. The van der Waals surface area contributed by atoms with E-state index in [-0.39, 0.29) is 5.52 Å². The standard InChI is InChI=1S/C12H9F3N4S/c1-20-10-5-9(18-19-10)11-16-7-3-2-6(12(13,14)15)4-8(7)17-11/h2-5H,1H3,(H,16,17)(H,18,19). The summed E-state index contributed by atoms with van der Waals surface area (Å²) in [4.78, 5) is 7.12. The van der Waals surface area contributed by atoms with Gasteiger partial charge in [-0.3, -0.25) is 5.10 Å². The lowest BCUT2D eigenvalue weighted by Crippen LogP contribution is -2.04. The number of H-pyrrole nitrogens is 2. The summed E-state index contributed by atoms with van der Waals surface area (Å²) in [5, 5.41) is 7.73. The van der Waals surface area contributed by atoms with E-state index >= 15 is 0 Å². The van der Waals surface area contributed by atoms with Crippen LogP contribution in [0.5, 0.6) is 0 Å². The smallest absolute Gasteiger partial charge is 0.337 e. The summed E-state index contributed by atoms with van der Waals surface area (Å²) < 4.78 is 37.9. The first-order chi connectivity index (χ1) is 9.47. The summed E-state index contributed by atoms with van der Waals surface area (Å²) in [6.45, 7) is 0. The van der Waals surface area contributed by atoms with Crippen molar-refractivity contribution in [3.8, 4) is 11.5 Å². The van der Waals surface area contributed by atoms with Crippen molar-refractivity contribution in [3.63, 3.8) is 0 Å². The van der Waals surface area contributed by atoms with Crippen LogP contribution >= 0.6 is 11.8 Å². The van der Waals surface area contributed by atoms with Crippen molar-refractivity contribution in [1.29, 1.82) is 0 Å². The molecular formula is C12H9F3N4S. The number of rotatable bonds is 2. The minimum Gasteiger partial charge on any atom is -0.337 e. The predicted octanol–water partition coefficient (Wildman–Crippen LogP) is 3.69. The topological polar surface area (TPSA) is 57.4 Å². The number of aromatic amines is 2. The summed E-state index contributed by atoms with van der Waals surface area (Å²) in [6.07, 6.45) is -2.48. The first-order valence-electron chi connectivity index (χ1n) is 5.64. The summed E-state index contributed by atoms with van der Waals surface area (Å²) in [5.74, 6) is 0.441. The van der Waals surface area contributed by atoms with Gasteiger partial charge >= 0.3 is 6.18 Å². The number of alkyl halides is 3. The van der Waals surface area contributed by atoms with Gasteiger partial charge in [-0.15, -0.1) is 11.8 Å². The number of benzene rings is 1. The van der Waals surface area contributed by atoms with E-state index in [9.17, 15) is 13.2 Å². The zero-order chi connectivity index (χ0) is 14.3. The molecule has 0 aliphatic carbocycles. The fraction of sp³-hybridized carbons (Fsp3) is 0.167. The number of imidazole rings is 1. The van der Waals surface area contributed by atoms with Gasteiger partial charge in [0.1, 0.15) is 5.69 Å². The van der Waals surface area contributed by atoms with Crippen LogP contribution in [0.1, 0.15) is 5.56 Å². The number of hydrogen-bond acceptors (Lipinski definition) is 3. The zero-order valence-corrected chi connectivity index (χ0v) is 11.1. The number of halogens is 3. The number of aromatic nitrogens is 4. The molecule has 2 heterocycles. The molecule has 0 saturated carbocycles. The quantitative estimate of drug-likeness (QED) is 0.709. The van der Waals surface area contributed by atoms with E-state index in [1.54, 1.807) is 6.07 Å². The van der Waals surface area contributed by atoms with Crippen molar-refractivity contribution in [3.05, 3.63) is 29.8 Å². The highest BCUT2D eigenvalue weighted by atomic mass is 32.2. The van der Waals surface area contributed by atoms with Crippen molar-refractivity contribution in [2.24, 2.45) is 0 Å². The fourth-order valence-electron chi connectivity index (χ4n) is 1.83. The Hall–Kier alpha value is -1.96. The first kappa shape index (κ1) is 13.0. The van der Waals surface area contributed by atoms with Crippen molar-refractivity contribution >= 4 is 22.8 Å². The lowest BCUT2D eigenvalue weighted by Gasteiger charge is -2.04. The molecule has 8 heteroatoms. The third-order valence-electron chi connectivity index (χ3n) is 2.83. The van der Waals surface area contributed by atoms with Crippen molar-refractivity contribution in [1.82, 2.24) is 20.2 Å². The second kappa shape index (κ2) is 4.55. The molecule has 0 unspecified atom stereocenters. The molecule has 3 rings (SSSR count). The fourth-order valence-corrected chi connectivity index (χ4v) is 2.20. The van der Waals surface area contributed by atoms with Crippen LogP contribution in [0.15, 0.2) is 29.3 Å². The number of fused-ring (bicyclic) bond motifs is 1. The van der Waals surface area contributed by atoms with Gasteiger partial charge in [0.05, 0.1) is 21.6 Å². The van der Waals surface area contributed by atoms with Crippen LogP contribution in [-0.2, 0) is 6.18 Å². The number of thioether (sulfide) groups is 1. The molecule has 1 aromatic carbocycles. The molecule has 0 saturated heterocycles. The normalized spacial score (nSPS) is 12.2. The predicted molar refractivity (Wildman–Crippen MR) is 70.5 cm³/mol. The highest BCUT2D eigenvalue weighted by Crippen LogP contribution is 2.31. The van der Waals surface area contributed by atoms with Crippen LogP contribution < -0.4 is 0 Å². The lowest BCUT2D eigenvalue weighted by atomic mass is 10.2. The van der Waals surface area contributed by atoms with Crippen LogP contribution in [0.4, 0.5) is 13.2 Å². The second-order valence-electron chi connectivity index (χ2n) is 4.14. The van der Waals surface area contributed by atoms with Crippen LogP contribution in [0.2, 0.25) is 0 Å². The van der Waals surface area contributed by atoms with Gasteiger partial charge in [0.2, 0.25) is 0 Å². The summed E-state index contributed by atoms with van der Waals surface area (Å²) in [7, 11) is 0. The first-order valence-corrected chi connectivity index (χ1v) is 6.86. The molecule has 20 heavy (non-hydrogen) atoms. The Bertz CT molecular complexity index is 759. The molecule has 0 aliphatic heterocycles. The summed E-state index contributed by atoms with van der Waals surface area (Å²) >= 11 is 1.49. The lowest BCUT2D eigenvalue weighted by molar-refractivity contribution is -0.137. The molecular weight excluding hydrogens is 289 g/mol. The third-order valence-corrected chi connectivity index (χ3v) is 3.48. The maximum absolute atomic E-state index is 12.6. The number of nitrogens with one attached hydrogen (secondary N) is 2. The van der Waals surface area contributed by atoms with E-state index in [2.05, 4.69) is 20.2 Å². The Balaban J connectivity index is 2.06. The van der Waals surface area contributed by atoms with E-state index in [4.69, 9.17) is 0 Å². The van der Waals surface area contributed by atoms with Gasteiger partial charge in [-0.1, -0.05) is 0 Å². The Kier molecular flexibility index (Phi) is 2.97. The molecule has 0 radical (unpaired) electrons. The Morgan fingerprint density at radius 3 is 2.65 bits per heavy atom. The molecule has 0 spiro atoms. The molecule has 2 aromatic heterocycles. The van der Waals surface area contributed by atoms with Crippen molar-refractivity contribution < 1.29 is 13.2 Å². The summed E-state index contributed by atoms with van der Waals surface area (Å²) in [6, 6.07) is 5.21. The molecule has 4 nitrogen and oxygen atoms in total. The van der Waals surface area contributed by atoms with Crippen molar-refractivity contribution in [2.75, 3.05) is 6.26 Å². The number of hydrogen-bond donors (Lipinski definition) is 2. The molecule has 0 bridgehead atoms. The van der Waals surface area contributed by atoms with Gasteiger partial charge in [-0.2, -0.15) is 18.3 Å². The Morgan fingerprint density at radius 2 is 2.00 bits per heavy atom. The molecule has 0 aliphatic rings. The maximum atomic E-state index is 12.6. The van der Waals surface area contributed by atoms with E-state index in [1.165, 1.54) is 17.8 Å². The third kappa shape index (κ3) is 2.26. The average molecular weight is 298 g/mol. The average Bonchev–Trinajstić information content (AvgIpc) is 3.02. The second-order valence-corrected chi connectivity index (χ2v) is 4.98. The Labute approximate surface area is 115 Å². The molecule has 0 amide bonds. The van der Waals surface area contributed by atoms with Crippen LogP contribution in [0, 0.1) is 0 Å². The van der Waals surface area contributed by atoms with E-state index < -0.39 is 11.7 Å². The van der Waals surface area contributed by atoms with Crippen LogP contribution in [-0.4, -0.2) is 26.4 Å². The van der Waals surface area contributed by atoms with E-state index in [0.29, 0.717) is 17.0 Å². The van der Waals surface area contributed by atoms with Gasteiger partial charge in [-0.05, 0) is 24.5 Å². The minimum absolute atomic E-state index is 0.267. The highest BCUT2D eigenvalue weighted by molar-refractivity contribution is 7.98. The van der Waals surface area contributed by atoms with Crippen molar-refractivity contribution in [2.45, 2.75) is 11.2 Å². The molecule has 104 valence electrons.